The molecule has 0 radical (unpaired) electrons. The first-order valence-electron chi connectivity index (χ1n) is 13.0. The summed E-state index contributed by atoms with van der Waals surface area (Å²) in [7, 11) is 2.08. The lowest BCUT2D eigenvalue weighted by Gasteiger charge is -2.34. The number of aromatic amines is 1. The third-order valence-electron chi connectivity index (χ3n) is 8.14. The molecule has 192 valence electrons. The van der Waals surface area contributed by atoms with Crippen LogP contribution in [-0.2, 0) is 0 Å². The Kier molecular flexibility index (Phi) is 5.47. The predicted octanol–water partition coefficient (Wildman–Crippen LogP) is 3.86. The fourth-order valence-electron chi connectivity index (χ4n) is 6.17. The van der Waals surface area contributed by atoms with Crippen LogP contribution in [0.5, 0.6) is 6.01 Å². The van der Waals surface area contributed by atoms with Gasteiger partial charge < -0.3 is 19.9 Å². The molecule has 2 N–H and O–H groups in total. The van der Waals surface area contributed by atoms with Crippen molar-refractivity contribution in [2.45, 2.75) is 43.8 Å². The Balaban J connectivity index is 1.36. The second kappa shape index (κ2) is 8.88. The molecule has 3 atom stereocenters. The summed E-state index contributed by atoms with van der Waals surface area (Å²) in [4.78, 5) is 13.6. The van der Waals surface area contributed by atoms with Crippen LogP contribution in [0, 0.1) is 11.6 Å². The number of hydrogen-bond donors (Lipinski definition) is 2. The first-order chi connectivity index (χ1) is 18.0. The fourth-order valence-corrected chi connectivity index (χ4v) is 6.17. The first-order valence-corrected chi connectivity index (χ1v) is 13.0. The zero-order valence-electron chi connectivity index (χ0n) is 20.7. The summed E-state index contributed by atoms with van der Waals surface area (Å²) in [6.45, 7) is 2.90. The standard InChI is InChI=1S/C27H29F2N7O/c1-35-10-4-5-17(35)14-37-27-31-25-19(26(32-27)36-12-15-8-9-16(13-36)30-15)11-20(28)22(23(25)29)24-18-6-2-3-7-21(18)33-34-24/h2-3,6-7,11,15-17,30H,4-5,8-10,12-14H2,1H3,(H,33,34)/t15-,16+,17-/m0/s1. The van der Waals surface area contributed by atoms with Crippen molar-refractivity contribution in [2.75, 3.05) is 38.2 Å². The highest BCUT2D eigenvalue weighted by molar-refractivity contribution is 5.98. The molecule has 0 aliphatic carbocycles. The number of fused-ring (bicyclic) bond motifs is 4. The van der Waals surface area contributed by atoms with Gasteiger partial charge in [-0.05, 0) is 51.4 Å². The largest absolute Gasteiger partial charge is 0.462 e. The summed E-state index contributed by atoms with van der Waals surface area (Å²) in [6.07, 6.45) is 4.32. The molecule has 0 saturated carbocycles. The predicted molar refractivity (Wildman–Crippen MR) is 138 cm³/mol. The van der Waals surface area contributed by atoms with Gasteiger partial charge in [-0.15, -0.1) is 0 Å². The van der Waals surface area contributed by atoms with E-state index < -0.39 is 11.6 Å². The van der Waals surface area contributed by atoms with Crippen LogP contribution in [0.3, 0.4) is 0 Å². The van der Waals surface area contributed by atoms with Gasteiger partial charge >= 0.3 is 6.01 Å². The zero-order valence-corrected chi connectivity index (χ0v) is 20.7. The number of nitrogens with one attached hydrogen (secondary N) is 2. The van der Waals surface area contributed by atoms with Crippen LogP contribution in [0.2, 0.25) is 0 Å². The monoisotopic (exact) mass is 505 g/mol. The average molecular weight is 506 g/mol. The molecule has 7 rings (SSSR count). The van der Waals surface area contributed by atoms with Gasteiger partial charge in [0.25, 0.3) is 0 Å². The van der Waals surface area contributed by atoms with Gasteiger partial charge in [0.05, 0.1) is 11.1 Å². The number of aromatic nitrogens is 4. The molecule has 8 nitrogen and oxygen atoms in total. The molecule has 0 amide bonds. The van der Waals surface area contributed by atoms with Crippen molar-refractivity contribution in [1.29, 1.82) is 0 Å². The summed E-state index contributed by atoms with van der Waals surface area (Å²) >= 11 is 0. The van der Waals surface area contributed by atoms with E-state index in [1.807, 2.05) is 18.2 Å². The van der Waals surface area contributed by atoms with Crippen molar-refractivity contribution in [2.24, 2.45) is 0 Å². The number of likely N-dealkylation sites (N-methyl/N-ethyl adjacent to an activating group) is 1. The Labute approximate surface area is 213 Å². The third kappa shape index (κ3) is 3.90. The lowest BCUT2D eigenvalue weighted by molar-refractivity contribution is 0.188. The normalized spacial score (nSPS) is 24.0. The molecule has 37 heavy (non-hydrogen) atoms. The van der Waals surface area contributed by atoms with Crippen molar-refractivity contribution in [3.05, 3.63) is 42.0 Å². The van der Waals surface area contributed by atoms with Gasteiger partial charge in [-0.2, -0.15) is 15.1 Å². The van der Waals surface area contributed by atoms with Crippen molar-refractivity contribution < 1.29 is 13.5 Å². The fraction of sp³-hybridized carbons (Fsp3) is 0.444. The van der Waals surface area contributed by atoms with Crippen molar-refractivity contribution in [3.63, 3.8) is 0 Å². The lowest BCUT2D eigenvalue weighted by Crippen LogP contribution is -2.51. The number of benzene rings is 2. The van der Waals surface area contributed by atoms with E-state index in [9.17, 15) is 0 Å². The Hall–Kier alpha value is -3.37. The van der Waals surface area contributed by atoms with Crippen LogP contribution >= 0.6 is 0 Å². The number of anilines is 1. The molecular weight excluding hydrogens is 476 g/mol. The van der Waals surface area contributed by atoms with Crippen LogP contribution in [0.15, 0.2) is 30.3 Å². The maximum absolute atomic E-state index is 16.2. The summed E-state index contributed by atoms with van der Waals surface area (Å²) in [6, 6.07) is 9.71. The maximum Gasteiger partial charge on any atom is 0.319 e. The van der Waals surface area contributed by atoms with Crippen molar-refractivity contribution in [3.8, 4) is 17.3 Å². The number of hydrogen-bond acceptors (Lipinski definition) is 7. The average Bonchev–Trinajstić information content (AvgIpc) is 3.61. The number of rotatable bonds is 5. The van der Waals surface area contributed by atoms with E-state index >= 15 is 8.78 Å². The Morgan fingerprint density at radius 1 is 1.05 bits per heavy atom. The first kappa shape index (κ1) is 22.8. The number of nitrogens with zero attached hydrogens (tertiary/aromatic N) is 5. The molecule has 3 aliphatic rings. The maximum atomic E-state index is 16.2. The van der Waals surface area contributed by atoms with Crippen LogP contribution < -0.4 is 15.0 Å². The molecule has 2 aromatic carbocycles. The molecule has 3 saturated heterocycles. The van der Waals surface area contributed by atoms with Crippen molar-refractivity contribution in [1.82, 2.24) is 30.4 Å². The molecule has 3 fully saturated rings. The molecular formula is C27H29F2N7O. The number of H-pyrrole nitrogens is 1. The Bertz CT molecular complexity index is 1480. The van der Waals surface area contributed by atoms with E-state index in [0.717, 1.165) is 45.3 Å². The van der Waals surface area contributed by atoms with E-state index in [1.165, 1.54) is 6.07 Å². The number of ether oxygens (including phenoxy) is 1. The number of para-hydroxylation sites is 1. The van der Waals surface area contributed by atoms with Crippen molar-refractivity contribution >= 4 is 27.6 Å². The van der Waals surface area contributed by atoms with Gasteiger partial charge in [-0.3, -0.25) is 5.10 Å². The highest BCUT2D eigenvalue weighted by Gasteiger charge is 2.35. The molecule has 3 aliphatic heterocycles. The summed E-state index contributed by atoms with van der Waals surface area (Å²) in [5.74, 6) is -0.919. The lowest BCUT2D eigenvalue weighted by atomic mass is 10.0. The summed E-state index contributed by atoms with van der Waals surface area (Å²) in [5, 5.41) is 11.7. The van der Waals surface area contributed by atoms with E-state index in [-0.39, 0.29) is 28.8 Å². The molecule has 0 spiro atoms. The number of piperazine rings is 1. The van der Waals surface area contributed by atoms with Crippen LogP contribution in [0.1, 0.15) is 25.7 Å². The van der Waals surface area contributed by atoms with Gasteiger partial charge in [-0.25, -0.2) is 8.78 Å². The van der Waals surface area contributed by atoms with Gasteiger partial charge in [0, 0.05) is 42.0 Å². The molecule has 2 bridgehead atoms. The van der Waals surface area contributed by atoms with E-state index in [0.29, 0.717) is 40.8 Å². The van der Waals surface area contributed by atoms with Crippen LogP contribution in [-0.4, -0.2) is 76.5 Å². The third-order valence-corrected chi connectivity index (χ3v) is 8.14. The highest BCUT2D eigenvalue weighted by atomic mass is 19.1. The topological polar surface area (TPSA) is 82.2 Å². The molecule has 5 heterocycles. The SMILES string of the molecule is CN1CCC[C@H]1COc1nc(N2C[C@H]3CC[C@@H](C2)N3)c2cc(F)c(-c3n[nH]c4ccccc34)c(F)c2n1. The highest BCUT2D eigenvalue weighted by Crippen LogP contribution is 2.38. The minimum atomic E-state index is -0.753. The minimum absolute atomic E-state index is 0.0501. The van der Waals surface area contributed by atoms with E-state index in [4.69, 9.17) is 9.72 Å². The second-order valence-corrected chi connectivity index (χ2v) is 10.5. The molecule has 10 heteroatoms. The number of likely N-dealkylation sites (tertiary alicyclic amines) is 1. The van der Waals surface area contributed by atoms with Gasteiger partial charge in [-0.1, -0.05) is 18.2 Å². The quantitative estimate of drug-likeness (QED) is 0.426. The van der Waals surface area contributed by atoms with Gasteiger partial charge in [0.1, 0.15) is 29.5 Å². The Morgan fingerprint density at radius 3 is 2.65 bits per heavy atom. The van der Waals surface area contributed by atoms with Gasteiger partial charge in [0.2, 0.25) is 0 Å². The zero-order chi connectivity index (χ0) is 25.1. The summed E-state index contributed by atoms with van der Waals surface area (Å²) in [5.41, 5.74) is 0.786. The van der Waals surface area contributed by atoms with Gasteiger partial charge in [0.15, 0.2) is 5.82 Å². The molecule has 0 unspecified atom stereocenters. The minimum Gasteiger partial charge on any atom is -0.462 e. The summed E-state index contributed by atoms with van der Waals surface area (Å²) < 4.78 is 38.0. The van der Waals surface area contributed by atoms with Crippen LogP contribution in [0.4, 0.5) is 14.6 Å². The molecule has 4 aromatic rings. The van der Waals surface area contributed by atoms with E-state index in [1.54, 1.807) is 6.07 Å². The molecule has 2 aromatic heterocycles. The number of halogens is 2. The van der Waals surface area contributed by atoms with E-state index in [2.05, 4.69) is 37.3 Å². The Morgan fingerprint density at radius 2 is 1.86 bits per heavy atom. The second-order valence-electron chi connectivity index (χ2n) is 10.5. The smallest absolute Gasteiger partial charge is 0.319 e. The van der Waals surface area contributed by atoms with Crippen LogP contribution in [0.25, 0.3) is 33.1 Å².